The molecule has 0 fully saturated rings. The summed E-state index contributed by atoms with van der Waals surface area (Å²) in [6, 6.07) is 7.75. The van der Waals surface area contributed by atoms with Crippen LogP contribution in [0.1, 0.15) is 17.7 Å². The molecule has 0 aliphatic carbocycles. The van der Waals surface area contributed by atoms with Gasteiger partial charge in [0, 0.05) is 11.2 Å². The van der Waals surface area contributed by atoms with E-state index < -0.39 is 0 Å². The average Bonchev–Trinajstić information content (AvgIpc) is 2.77. The molecule has 0 aliphatic rings. The quantitative estimate of drug-likeness (QED) is 0.882. The zero-order valence-corrected chi connectivity index (χ0v) is 10.3. The molecular formula is C12H15ClN4. The van der Waals surface area contributed by atoms with Crippen LogP contribution in [-0.4, -0.2) is 21.5 Å². The highest BCUT2D eigenvalue weighted by atomic mass is 35.5. The SMILES string of the molecule is NCCCc1cn(Cc2ccccc2Cl)nn1. The zero-order valence-electron chi connectivity index (χ0n) is 9.51. The number of halogens is 1. The topological polar surface area (TPSA) is 56.7 Å². The normalized spacial score (nSPS) is 10.7. The fourth-order valence-corrected chi connectivity index (χ4v) is 1.81. The van der Waals surface area contributed by atoms with Gasteiger partial charge in [-0.1, -0.05) is 35.0 Å². The molecule has 2 aromatic rings. The predicted molar refractivity (Wildman–Crippen MR) is 68.0 cm³/mol. The summed E-state index contributed by atoms with van der Waals surface area (Å²) in [5.41, 5.74) is 7.47. The molecule has 4 nitrogen and oxygen atoms in total. The first-order valence-corrected chi connectivity index (χ1v) is 6.00. The lowest BCUT2D eigenvalue weighted by molar-refractivity contribution is 0.649. The van der Waals surface area contributed by atoms with Crippen LogP contribution in [0.3, 0.4) is 0 Å². The van der Waals surface area contributed by atoms with Crippen LogP contribution >= 0.6 is 11.6 Å². The highest BCUT2D eigenvalue weighted by Crippen LogP contribution is 2.15. The van der Waals surface area contributed by atoms with Gasteiger partial charge in [-0.2, -0.15) is 0 Å². The van der Waals surface area contributed by atoms with E-state index in [0.29, 0.717) is 13.1 Å². The summed E-state index contributed by atoms with van der Waals surface area (Å²) in [5, 5.41) is 8.92. The molecule has 0 aliphatic heterocycles. The Bertz CT molecular complexity index is 481. The van der Waals surface area contributed by atoms with Gasteiger partial charge in [-0.3, -0.25) is 0 Å². The van der Waals surface area contributed by atoms with E-state index in [4.69, 9.17) is 17.3 Å². The largest absolute Gasteiger partial charge is 0.330 e. The van der Waals surface area contributed by atoms with Crippen LogP contribution in [0.2, 0.25) is 5.02 Å². The minimum absolute atomic E-state index is 0.648. The van der Waals surface area contributed by atoms with Gasteiger partial charge in [0.2, 0.25) is 0 Å². The minimum atomic E-state index is 0.648. The molecule has 0 amide bonds. The van der Waals surface area contributed by atoms with Crippen LogP contribution in [0, 0.1) is 0 Å². The Balaban J connectivity index is 2.04. The van der Waals surface area contributed by atoms with Crippen molar-refractivity contribution >= 4 is 11.6 Å². The molecule has 1 aromatic heterocycles. The summed E-state index contributed by atoms with van der Waals surface area (Å²) in [6.45, 7) is 1.33. The van der Waals surface area contributed by atoms with Crippen molar-refractivity contribution in [3.63, 3.8) is 0 Å². The number of hydrogen-bond donors (Lipinski definition) is 1. The van der Waals surface area contributed by atoms with Crippen molar-refractivity contribution < 1.29 is 0 Å². The van der Waals surface area contributed by atoms with E-state index in [9.17, 15) is 0 Å². The number of aryl methyl sites for hydroxylation is 1. The molecule has 0 saturated heterocycles. The molecule has 1 aromatic carbocycles. The molecule has 0 spiro atoms. The summed E-state index contributed by atoms with van der Waals surface area (Å²) in [6.07, 6.45) is 3.75. The van der Waals surface area contributed by atoms with Crippen LogP contribution in [0.5, 0.6) is 0 Å². The number of hydrogen-bond acceptors (Lipinski definition) is 3. The highest BCUT2D eigenvalue weighted by Gasteiger charge is 2.03. The standard InChI is InChI=1S/C12H15ClN4/c13-12-6-2-1-4-10(12)8-17-9-11(15-16-17)5-3-7-14/h1-2,4,6,9H,3,5,7-8,14H2. The Hall–Kier alpha value is -1.39. The lowest BCUT2D eigenvalue weighted by Crippen LogP contribution is -2.01. The number of nitrogens with two attached hydrogens (primary N) is 1. The van der Waals surface area contributed by atoms with Gasteiger partial charge in [0.1, 0.15) is 0 Å². The maximum atomic E-state index is 6.09. The number of aromatic nitrogens is 3. The predicted octanol–water partition coefficient (Wildman–Crippen LogP) is 1.87. The third kappa shape index (κ3) is 3.28. The van der Waals surface area contributed by atoms with Gasteiger partial charge >= 0.3 is 0 Å². The second-order valence-corrected chi connectivity index (χ2v) is 4.30. The first kappa shape index (κ1) is 12.1. The van der Waals surface area contributed by atoms with Crippen LogP contribution in [0.15, 0.2) is 30.5 Å². The second-order valence-electron chi connectivity index (χ2n) is 3.89. The van der Waals surface area contributed by atoms with Crippen LogP contribution in [0.25, 0.3) is 0 Å². The van der Waals surface area contributed by atoms with Gasteiger partial charge in [-0.25, -0.2) is 4.68 Å². The number of nitrogens with zero attached hydrogens (tertiary/aromatic N) is 3. The second kappa shape index (κ2) is 5.80. The Morgan fingerprint density at radius 1 is 1.29 bits per heavy atom. The fraction of sp³-hybridized carbons (Fsp3) is 0.333. The third-order valence-corrected chi connectivity index (χ3v) is 2.88. The zero-order chi connectivity index (χ0) is 12.1. The van der Waals surface area contributed by atoms with Crippen LogP contribution in [0.4, 0.5) is 0 Å². The first-order valence-electron chi connectivity index (χ1n) is 5.62. The summed E-state index contributed by atoms with van der Waals surface area (Å²) in [4.78, 5) is 0. The van der Waals surface area contributed by atoms with E-state index in [1.807, 2.05) is 30.5 Å². The molecular weight excluding hydrogens is 236 g/mol. The summed E-state index contributed by atoms with van der Waals surface area (Å²) in [5.74, 6) is 0. The molecule has 90 valence electrons. The van der Waals surface area contributed by atoms with Crippen molar-refractivity contribution in [3.8, 4) is 0 Å². The molecule has 0 atom stereocenters. The first-order chi connectivity index (χ1) is 8.29. The van der Waals surface area contributed by atoms with Gasteiger partial charge < -0.3 is 5.73 Å². The van der Waals surface area contributed by atoms with Crippen LogP contribution < -0.4 is 5.73 Å². The Morgan fingerprint density at radius 3 is 2.88 bits per heavy atom. The molecule has 5 heteroatoms. The summed E-state index contributed by atoms with van der Waals surface area (Å²) >= 11 is 6.09. The van der Waals surface area contributed by atoms with Crippen LogP contribution in [-0.2, 0) is 13.0 Å². The van der Waals surface area contributed by atoms with E-state index in [0.717, 1.165) is 29.1 Å². The molecule has 1 heterocycles. The minimum Gasteiger partial charge on any atom is -0.330 e. The molecule has 2 N–H and O–H groups in total. The third-order valence-electron chi connectivity index (χ3n) is 2.51. The number of benzene rings is 1. The van der Waals surface area contributed by atoms with E-state index >= 15 is 0 Å². The Labute approximate surface area is 105 Å². The van der Waals surface area contributed by atoms with Crippen molar-refractivity contribution in [2.24, 2.45) is 5.73 Å². The molecule has 2 rings (SSSR count). The Morgan fingerprint density at radius 2 is 2.12 bits per heavy atom. The summed E-state index contributed by atoms with van der Waals surface area (Å²) in [7, 11) is 0. The van der Waals surface area contributed by atoms with Crippen molar-refractivity contribution in [3.05, 3.63) is 46.7 Å². The van der Waals surface area contributed by atoms with Gasteiger partial charge in [-0.05, 0) is 31.0 Å². The van der Waals surface area contributed by atoms with E-state index in [2.05, 4.69) is 10.3 Å². The lowest BCUT2D eigenvalue weighted by Gasteiger charge is -2.02. The molecule has 17 heavy (non-hydrogen) atoms. The number of rotatable bonds is 5. The van der Waals surface area contributed by atoms with Gasteiger partial charge in [0.15, 0.2) is 0 Å². The van der Waals surface area contributed by atoms with Gasteiger partial charge in [0.25, 0.3) is 0 Å². The lowest BCUT2D eigenvalue weighted by atomic mass is 10.2. The molecule has 0 saturated carbocycles. The van der Waals surface area contributed by atoms with Crippen molar-refractivity contribution in [1.29, 1.82) is 0 Å². The van der Waals surface area contributed by atoms with Crippen molar-refractivity contribution in [2.75, 3.05) is 6.54 Å². The summed E-state index contributed by atoms with van der Waals surface area (Å²) < 4.78 is 1.80. The monoisotopic (exact) mass is 250 g/mol. The Kier molecular flexibility index (Phi) is 4.12. The maximum absolute atomic E-state index is 6.09. The van der Waals surface area contributed by atoms with E-state index in [1.165, 1.54) is 0 Å². The average molecular weight is 251 g/mol. The molecule has 0 unspecified atom stereocenters. The van der Waals surface area contributed by atoms with Crippen molar-refractivity contribution in [1.82, 2.24) is 15.0 Å². The molecule has 0 bridgehead atoms. The highest BCUT2D eigenvalue weighted by molar-refractivity contribution is 6.31. The van der Waals surface area contributed by atoms with Gasteiger partial charge in [0.05, 0.1) is 12.2 Å². The maximum Gasteiger partial charge on any atom is 0.0827 e. The molecule has 0 radical (unpaired) electrons. The smallest absolute Gasteiger partial charge is 0.0827 e. The van der Waals surface area contributed by atoms with Gasteiger partial charge in [-0.15, -0.1) is 5.10 Å². The van der Waals surface area contributed by atoms with Crippen molar-refractivity contribution in [2.45, 2.75) is 19.4 Å². The van der Waals surface area contributed by atoms with E-state index in [1.54, 1.807) is 4.68 Å². The fourth-order valence-electron chi connectivity index (χ4n) is 1.61. The van der Waals surface area contributed by atoms with E-state index in [-0.39, 0.29) is 0 Å².